The highest BCUT2D eigenvalue weighted by Crippen LogP contribution is 2.52. The molecule has 0 aromatic rings. The van der Waals surface area contributed by atoms with Gasteiger partial charge < -0.3 is 9.84 Å². The standard InChI is InChI=1S/C12H20O2/c1-9-5-11(4)7-10(2,3)8-12(13,6-9)14-11/h13H,1,5-8H2,2-4H3/t11-,12+/m1/s1. The molecule has 0 aromatic carbocycles. The molecule has 0 saturated carbocycles. The summed E-state index contributed by atoms with van der Waals surface area (Å²) < 4.78 is 5.80. The van der Waals surface area contributed by atoms with Gasteiger partial charge in [-0.25, -0.2) is 0 Å². The van der Waals surface area contributed by atoms with E-state index in [0.717, 1.165) is 18.4 Å². The molecule has 2 aliphatic rings. The average molecular weight is 196 g/mol. The van der Waals surface area contributed by atoms with Crippen molar-refractivity contribution in [3.05, 3.63) is 12.2 Å². The molecule has 1 N–H and O–H groups in total. The average Bonchev–Trinajstić information content (AvgIpc) is 1.71. The highest BCUT2D eigenvalue weighted by Gasteiger charge is 2.52. The largest absolute Gasteiger partial charge is 0.365 e. The molecular weight excluding hydrogens is 176 g/mol. The van der Waals surface area contributed by atoms with Crippen LogP contribution in [0.3, 0.4) is 0 Å². The molecular formula is C12H20O2. The molecule has 2 aliphatic heterocycles. The van der Waals surface area contributed by atoms with Crippen LogP contribution in [-0.4, -0.2) is 16.5 Å². The molecule has 2 heteroatoms. The third kappa shape index (κ3) is 1.73. The first-order valence-corrected chi connectivity index (χ1v) is 5.31. The molecule has 2 atom stereocenters. The van der Waals surface area contributed by atoms with Crippen LogP contribution in [0.5, 0.6) is 0 Å². The van der Waals surface area contributed by atoms with Crippen molar-refractivity contribution in [1.29, 1.82) is 0 Å². The number of hydrogen-bond acceptors (Lipinski definition) is 2. The zero-order valence-corrected chi connectivity index (χ0v) is 9.39. The van der Waals surface area contributed by atoms with E-state index in [1.54, 1.807) is 0 Å². The summed E-state index contributed by atoms with van der Waals surface area (Å²) in [5.41, 5.74) is 1.09. The zero-order chi connectivity index (χ0) is 10.6. The van der Waals surface area contributed by atoms with Gasteiger partial charge in [0.2, 0.25) is 0 Å². The Morgan fingerprint density at radius 2 is 1.86 bits per heavy atom. The van der Waals surface area contributed by atoms with Crippen LogP contribution in [-0.2, 0) is 4.74 Å². The highest BCUT2D eigenvalue weighted by molar-refractivity contribution is 5.12. The van der Waals surface area contributed by atoms with E-state index >= 15 is 0 Å². The lowest BCUT2D eigenvalue weighted by Crippen LogP contribution is -2.56. The van der Waals surface area contributed by atoms with E-state index in [9.17, 15) is 5.11 Å². The van der Waals surface area contributed by atoms with Crippen molar-refractivity contribution >= 4 is 0 Å². The van der Waals surface area contributed by atoms with E-state index in [1.165, 1.54) is 0 Å². The third-order valence-electron chi connectivity index (χ3n) is 3.19. The smallest absolute Gasteiger partial charge is 0.170 e. The number of fused-ring (bicyclic) bond motifs is 2. The van der Waals surface area contributed by atoms with Crippen molar-refractivity contribution in [3.63, 3.8) is 0 Å². The van der Waals surface area contributed by atoms with Gasteiger partial charge in [0.25, 0.3) is 0 Å². The van der Waals surface area contributed by atoms with Gasteiger partial charge >= 0.3 is 0 Å². The summed E-state index contributed by atoms with van der Waals surface area (Å²) in [7, 11) is 0. The quantitative estimate of drug-likeness (QED) is 0.603. The predicted octanol–water partition coefficient (Wildman–Crippen LogP) is 2.62. The molecule has 2 rings (SSSR count). The molecule has 2 nitrogen and oxygen atoms in total. The second-order valence-electron chi connectivity index (χ2n) is 6.12. The Morgan fingerprint density at radius 3 is 2.43 bits per heavy atom. The minimum atomic E-state index is -0.953. The monoisotopic (exact) mass is 196 g/mol. The molecule has 0 unspecified atom stereocenters. The Morgan fingerprint density at radius 1 is 1.21 bits per heavy atom. The maximum absolute atomic E-state index is 10.3. The molecule has 0 aliphatic carbocycles. The number of rotatable bonds is 0. The van der Waals surface area contributed by atoms with Gasteiger partial charge in [-0.05, 0) is 25.2 Å². The summed E-state index contributed by atoms with van der Waals surface area (Å²) in [6, 6.07) is 0. The SMILES string of the molecule is C=C1C[C@]2(C)CC(C)(C)C[C@](O)(C1)O2. The fourth-order valence-electron chi connectivity index (χ4n) is 3.53. The minimum absolute atomic E-state index is 0.169. The molecule has 0 radical (unpaired) electrons. The van der Waals surface area contributed by atoms with E-state index in [1.807, 2.05) is 0 Å². The predicted molar refractivity (Wildman–Crippen MR) is 55.8 cm³/mol. The van der Waals surface area contributed by atoms with Gasteiger partial charge in [-0.1, -0.05) is 26.0 Å². The first kappa shape index (κ1) is 10.2. The van der Waals surface area contributed by atoms with Gasteiger partial charge in [-0.3, -0.25) is 0 Å². The lowest BCUT2D eigenvalue weighted by molar-refractivity contribution is -0.320. The van der Waals surface area contributed by atoms with Gasteiger partial charge in [0.15, 0.2) is 5.79 Å². The van der Waals surface area contributed by atoms with Crippen molar-refractivity contribution in [2.45, 2.75) is 57.8 Å². The molecule has 80 valence electrons. The normalized spacial score (nSPS) is 46.4. The first-order valence-electron chi connectivity index (χ1n) is 5.31. The Balaban J connectivity index is 2.32. The second kappa shape index (κ2) is 2.61. The summed E-state index contributed by atoms with van der Waals surface area (Å²) in [5.74, 6) is -0.953. The van der Waals surface area contributed by atoms with E-state index in [4.69, 9.17) is 4.74 Å². The molecule has 2 heterocycles. The van der Waals surface area contributed by atoms with Crippen LogP contribution in [0, 0.1) is 5.41 Å². The van der Waals surface area contributed by atoms with Gasteiger partial charge in [-0.15, -0.1) is 0 Å². The van der Waals surface area contributed by atoms with Crippen LogP contribution >= 0.6 is 0 Å². The van der Waals surface area contributed by atoms with E-state index in [-0.39, 0.29) is 11.0 Å². The second-order valence-corrected chi connectivity index (χ2v) is 6.12. The zero-order valence-electron chi connectivity index (χ0n) is 9.39. The van der Waals surface area contributed by atoms with E-state index < -0.39 is 5.79 Å². The van der Waals surface area contributed by atoms with Gasteiger partial charge in [0.1, 0.15) is 0 Å². The maximum Gasteiger partial charge on any atom is 0.170 e. The fraction of sp³-hybridized carbons (Fsp3) is 0.833. The van der Waals surface area contributed by atoms with Crippen molar-refractivity contribution < 1.29 is 9.84 Å². The van der Waals surface area contributed by atoms with Gasteiger partial charge in [0, 0.05) is 12.8 Å². The molecule has 14 heavy (non-hydrogen) atoms. The van der Waals surface area contributed by atoms with Crippen LogP contribution in [0.15, 0.2) is 12.2 Å². The van der Waals surface area contributed by atoms with Crippen molar-refractivity contribution in [2.24, 2.45) is 5.41 Å². The topological polar surface area (TPSA) is 29.5 Å². The van der Waals surface area contributed by atoms with Gasteiger partial charge in [0.05, 0.1) is 5.60 Å². The minimum Gasteiger partial charge on any atom is -0.365 e. The lowest BCUT2D eigenvalue weighted by atomic mass is 9.67. The number of ether oxygens (including phenoxy) is 1. The highest BCUT2D eigenvalue weighted by atomic mass is 16.6. The molecule has 0 amide bonds. The van der Waals surface area contributed by atoms with Crippen LogP contribution in [0.1, 0.15) is 46.5 Å². The Hall–Kier alpha value is -0.340. The number of hydrogen-bond donors (Lipinski definition) is 1. The Bertz CT molecular complexity index is 250. The molecule has 2 bridgehead atoms. The Labute approximate surface area is 86.0 Å². The maximum atomic E-state index is 10.3. The lowest BCUT2D eigenvalue weighted by Gasteiger charge is -2.54. The number of aliphatic hydroxyl groups is 1. The molecule has 2 fully saturated rings. The molecule has 0 spiro atoms. The van der Waals surface area contributed by atoms with Crippen LogP contribution in [0.2, 0.25) is 0 Å². The third-order valence-corrected chi connectivity index (χ3v) is 3.19. The van der Waals surface area contributed by atoms with Crippen molar-refractivity contribution in [1.82, 2.24) is 0 Å². The van der Waals surface area contributed by atoms with Crippen molar-refractivity contribution in [2.75, 3.05) is 0 Å². The van der Waals surface area contributed by atoms with Crippen LogP contribution in [0.25, 0.3) is 0 Å². The van der Waals surface area contributed by atoms with E-state index in [0.29, 0.717) is 12.8 Å². The molecule has 0 aromatic heterocycles. The first-order chi connectivity index (χ1) is 6.22. The summed E-state index contributed by atoms with van der Waals surface area (Å²) >= 11 is 0. The summed E-state index contributed by atoms with van der Waals surface area (Å²) in [6.45, 7) is 10.5. The molecule has 2 saturated heterocycles. The van der Waals surface area contributed by atoms with E-state index in [2.05, 4.69) is 27.4 Å². The summed E-state index contributed by atoms with van der Waals surface area (Å²) in [4.78, 5) is 0. The van der Waals surface area contributed by atoms with Crippen molar-refractivity contribution in [3.8, 4) is 0 Å². The van der Waals surface area contributed by atoms with Gasteiger partial charge in [-0.2, -0.15) is 0 Å². The fourth-order valence-corrected chi connectivity index (χ4v) is 3.53. The summed E-state index contributed by atoms with van der Waals surface area (Å²) in [6.07, 6.45) is 3.21. The summed E-state index contributed by atoms with van der Waals surface area (Å²) in [5, 5.41) is 10.3. The van der Waals surface area contributed by atoms with Crippen LogP contribution in [0.4, 0.5) is 0 Å². The van der Waals surface area contributed by atoms with Crippen LogP contribution < -0.4 is 0 Å². The Kier molecular flexibility index (Phi) is 1.90.